The van der Waals surface area contributed by atoms with Crippen molar-refractivity contribution >= 4 is 0 Å². The standard InChI is InChI=1S/C12H23NO3/c1-15-11-3-8-16-12(9-11)4-2-5-13(10-12)6-7-14/h11,14H,2-10H2,1H3/t11-,12+/m1/s1. The molecule has 4 nitrogen and oxygen atoms in total. The largest absolute Gasteiger partial charge is 0.395 e. The molecule has 1 spiro atoms. The highest BCUT2D eigenvalue weighted by atomic mass is 16.5. The van der Waals surface area contributed by atoms with Crippen LogP contribution in [-0.4, -0.2) is 61.7 Å². The molecule has 0 aromatic carbocycles. The normalized spacial score (nSPS) is 36.8. The van der Waals surface area contributed by atoms with Crippen LogP contribution in [0.25, 0.3) is 0 Å². The fraction of sp³-hybridized carbons (Fsp3) is 1.00. The Labute approximate surface area is 97.5 Å². The Morgan fingerprint density at radius 1 is 1.56 bits per heavy atom. The number of aliphatic hydroxyl groups excluding tert-OH is 1. The fourth-order valence-corrected chi connectivity index (χ4v) is 2.99. The maximum Gasteiger partial charge on any atom is 0.0833 e. The van der Waals surface area contributed by atoms with Crippen LogP contribution in [0.5, 0.6) is 0 Å². The van der Waals surface area contributed by atoms with Gasteiger partial charge < -0.3 is 14.6 Å². The molecule has 2 aliphatic heterocycles. The van der Waals surface area contributed by atoms with E-state index in [1.807, 2.05) is 0 Å². The van der Waals surface area contributed by atoms with E-state index in [1.54, 1.807) is 7.11 Å². The maximum atomic E-state index is 9.00. The van der Waals surface area contributed by atoms with Gasteiger partial charge in [0.15, 0.2) is 0 Å². The van der Waals surface area contributed by atoms with Crippen LogP contribution in [0.1, 0.15) is 25.7 Å². The summed E-state index contributed by atoms with van der Waals surface area (Å²) in [6, 6.07) is 0. The molecule has 0 saturated carbocycles. The highest BCUT2D eigenvalue weighted by molar-refractivity contribution is 4.93. The molecule has 2 fully saturated rings. The molecule has 0 bridgehead atoms. The smallest absolute Gasteiger partial charge is 0.0833 e. The zero-order chi connectivity index (χ0) is 11.4. The number of ether oxygens (including phenoxy) is 2. The minimum atomic E-state index is -0.00759. The third-order valence-corrected chi connectivity index (χ3v) is 3.82. The van der Waals surface area contributed by atoms with Gasteiger partial charge in [-0.3, -0.25) is 4.90 Å². The Balaban J connectivity index is 1.94. The number of aliphatic hydroxyl groups is 1. The molecule has 2 saturated heterocycles. The first-order chi connectivity index (χ1) is 7.78. The maximum absolute atomic E-state index is 9.00. The predicted molar refractivity (Wildman–Crippen MR) is 61.5 cm³/mol. The number of hydrogen-bond acceptors (Lipinski definition) is 4. The Hall–Kier alpha value is -0.160. The summed E-state index contributed by atoms with van der Waals surface area (Å²) < 4.78 is 11.5. The molecule has 1 N–H and O–H groups in total. The van der Waals surface area contributed by atoms with E-state index < -0.39 is 0 Å². The number of nitrogens with zero attached hydrogens (tertiary/aromatic N) is 1. The summed E-state index contributed by atoms with van der Waals surface area (Å²) in [7, 11) is 1.79. The van der Waals surface area contributed by atoms with E-state index in [2.05, 4.69) is 4.90 Å². The minimum absolute atomic E-state index is 0.00759. The summed E-state index contributed by atoms with van der Waals surface area (Å²) in [5, 5.41) is 9.00. The molecule has 0 unspecified atom stereocenters. The van der Waals surface area contributed by atoms with E-state index in [1.165, 1.54) is 0 Å². The molecule has 4 heteroatoms. The predicted octanol–water partition coefficient (Wildman–Crippen LogP) is 0.639. The van der Waals surface area contributed by atoms with Crippen molar-refractivity contribution in [3.05, 3.63) is 0 Å². The van der Waals surface area contributed by atoms with Gasteiger partial charge in [0.1, 0.15) is 0 Å². The molecule has 94 valence electrons. The SMILES string of the molecule is CO[C@@H]1CCO[C@@]2(CCCN(CCO)C2)C1. The lowest BCUT2D eigenvalue weighted by atomic mass is 9.84. The van der Waals surface area contributed by atoms with Gasteiger partial charge in [0.25, 0.3) is 0 Å². The molecule has 0 radical (unpaired) electrons. The lowest BCUT2D eigenvalue weighted by Gasteiger charge is -2.46. The molecular formula is C12H23NO3. The molecule has 16 heavy (non-hydrogen) atoms. The van der Waals surface area contributed by atoms with Gasteiger partial charge in [-0.2, -0.15) is 0 Å². The first-order valence-electron chi connectivity index (χ1n) is 6.28. The van der Waals surface area contributed by atoms with Crippen LogP contribution >= 0.6 is 0 Å². The zero-order valence-corrected chi connectivity index (χ0v) is 10.2. The molecular weight excluding hydrogens is 206 g/mol. The van der Waals surface area contributed by atoms with Crippen LogP contribution in [0, 0.1) is 0 Å². The van der Waals surface area contributed by atoms with Crippen molar-refractivity contribution in [1.29, 1.82) is 0 Å². The molecule has 2 atom stereocenters. The number of hydrogen-bond donors (Lipinski definition) is 1. The Morgan fingerprint density at radius 2 is 2.44 bits per heavy atom. The summed E-state index contributed by atoms with van der Waals surface area (Å²) >= 11 is 0. The summed E-state index contributed by atoms with van der Waals surface area (Å²) in [5.74, 6) is 0. The second-order valence-electron chi connectivity index (χ2n) is 4.99. The first-order valence-corrected chi connectivity index (χ1v) is 6.28. The molecule has 0 amide bonds. The van der Waals surface area contributed by atoms with Crippen LogP contribution in [0.4, 0.5) is 0 Å². The average molecular weight is 229 g/mol. The number of piperidine rings is 1. The monoisotopic (exact) mass is 229 g/mol. The van der Waals surface area contributed by atoms with Crippen molar-refractivity contribution in [2.24, 2.45) is 0 Å². The van der Waals surface area contributed by atoms with Gasteiger partial charge in [-0.1, -0.05) is 0 Å². The Bertz CT molecular complexity index is 218. The van der Waals surface area contributed by atoms with Crippen molar-refractivity contribution in [2.75, 3.05) is 40.0 Å². The number of methoxy groups -OCH3 is 1. The molecule has 2 heterocycles. The summed E-state index contributed by atoms with van der Waals surface area (Å²) in [4.78, 5) is 2.31. The van der Waals surface area contributed by atoms with Crippen LogP contribution in [0.2, 0.25) is 0 Å². The van der Waals surface area contributed by atoms with Crippen molar-refractivity contribution < 1.29 is 14.6 Å². The third kappa shape index (κ3) is 2.74. The van der Waals surface area contributed by atoms with Gasteiger partial charge in [0.05, 0.1) is 18.3 Å². The van der Waals surface area contributed by atoms with E-state index in [0.717, 1.165) is 51.9 Å². The molecule has 0 aliphatic carbocycles. The lowest BCUT2D eigenvalue weighted by Crippen LogP contribution is -2.54. The van der Waals surface area contributed by atoms with Crippen molar-refractivity contribution in [3.8, 4) is 0 Å². The van der Waals surface area contributed by atoms with Gasteiger partial charge in [0, 0.05) is 33.2 Å². The van der Waals surface area contributed by atoms with Crippen LogP contribution < -0.4 is 0 Å². The Kier molecular flexibility index (Phi) is 4.19. The molecule has 0 aromatic rings. The van der Waals surface area contributed by atoms with Crippen molar-refractivity contribution in [2.45, 2.75) is 37.4 Å². The topological polar surface area (TPSA) is 41.9 Å². The number of rotatable bonds is 3. The summed E-state index contributed by atoms with van der Waals surface area (Å²) in [6.45, 7) is 3.86. The van der Waals surface area contributed by atoms with E-state index >= 15 is 0 Å². The average Bonchev–Trinajstić information content (AvgIpc) is 2.29. The van der Waals surface area contributed by atoms with E-state index in [0.29, 0.717) is 6.10 Å². The molecule has 2 rings (SSSR count). The fourth-order valence-electron chi connectivity index (χ4n) is 2.99. The van der Waals surface area contributed by atoms with Crippen LogP contribution in [0.15, 0.2) is 0 Å². The highest BCUT2D eigenvalue weighted by Gasteiger charge is 2.40. The van der Waals surface area contributed by atoms with Crippen molar-refractivity contribution in [1.82, 2.24) is 4.90 Å². The molecule has 0 aromatic heterocycles. The quantitative estimate of drug-likeness (QED) is 0.771. The van der Waals surface area contributed by atoms with E-state index in [4.69, 9.17) is 14.6 Å². The lowest BCUT2D eigenvalue weighted by molar-refractivity contribution is -0.153. The summed E-state index contributed by atoms with van der Waals surface area (Å²) in [5.41, 5.74) is -0.00759. The van der Waals surface area contributed by atoms with Gasteiger partial charge in [0.2, 0.25) is 0 Å². The number of β-amino-alcohol motifs (C(OH)–C–C–N with tert-alkyl or cyclic N) is 1. The van der Waals surface area contributed by atoms with E-state index in [-0.39, 0.29) is 12.2 Å². The van der Waals surface area contributed by atoms with Crippen LogP contribution in [-0.2, 0) is 9.47 Å². The van der Waals surface area contributed by atoms with Gasteiger partial charge in [-0.05, 0) is 25.8 Å². The highest BCUT2D eigenvalue weighted by Crippen LogP contribution is 2.34. The summed E-state index contributed by atoms with van der Waals surface area (Å²) in [6.07, 6.45) is 4.66. The zero-order valence-electron chi connectivity index (χ0n) is 10.2. The van der Waals surface area contributed by atoms with Crippen LogP contribution in [0.3, 0.4) is 0 Å². The number of likely N-dealkylation sites (tertiary alicyclic amines) is 1. The second-order valence-corrected chi connectivity index (χ2v) is 4.99. The minimum Gasteiger partial charge on any atom is -0.395 e. The Morgan fingerprint density at radius 3 is 3.19 bits per heavy atom. The van der Waals surface area contributed by atoms with Gasteiger partial charge >= 0.3 is 0 Å². The molecule has 2 aliphatic rings. The van der Waals surface area contributed by atoms with Gasteiger partial charge in [-0.15, -0.1) is 0 Å². The second kappa shape index (κ2) is 5.45. The van der Waals surface area contributed by atoms with E-state index in [9.17, 15) is 0 Å². The first kappa shape index (κ1) is 12.3. The van der Waals surface area contributed by atoms with Gasteiger partial charge in [-0.25, -0.2) is 0 Å². The third-order valence-electron chi connectivity index (χ3n) is 3.82. The van der Waals surface area contributed by atoms with Crippen molar-refractivity contribution in [3.63, 3.8) is 0 Å².